The van der Waals surface area contributed by atoms with Crippen molar-refractivity contribution in [2.75, 3.05) is 0 Å². The van der Waals surface area contributed by atoms with E-state index in [-0.39, 0.29) is 33.3 Å². The highest BCUT2D eigenvalue weighted by molar-refractivity contribution is 9.10. The minimum atomic E-state index is -0.892. The maximum Gasteiger partial charge on any atom is 0.201 e. The minimum Gasteiger partial charge on any atom is -0.507 e. The quantitative estimate of drug-likeness (QED) is 0.319. The van der Waals surface area contributed by atoms with Crippen LogP contribution in [-0.2, 0) is 6.42 Å². The van der Waals surface area contributed by atoms with Crippen LogP contribution in [0.1, 0.15) is 51.3 Å². The highest BCUT2D eigenvalue weighted by Crippen LogP contribution is 2.41. The number of aryl methyl sites for hydroxylation is 1. The molecule has 0 unspecified atom stereocenters. The number of ketones is 1. The summed E-state index contributed by atoms with van der Waals surface area (Å²) in [6, 6.07) is 2.27. The van der Waals surface area contributed by atoms with Crippen LogP contribution in [0.4, 0.5) is 0 Å². The topological polar surface area (TPSA) is 115 Å². The van der Waals surface area contributed by atoms with Crippen LogP contribution in [0.25, 0.3) is 0 Å². The minimum absolute atomic E-state index is 0.108. The van der Waals surface area contributed by atoms with Gasteiger partial charge in [-0.05, 0) is 54.8 Å². The van der Waals surface area contributed by atoms with Gasteiger partial charge in [0.05, 0.1) is 10.0 Å². The number of phenols is 4. The lowest BCUT2D eigenvalue weighted by Crippen LogP contribution is -2.11. The molecule has 0 aliphatic rings. The van der Waals surface area contributed by atoms with Crippen molar-refractivity contribution in [1.82, 2.24) is 0 Å². The number of hydrogen-bond acceptors (Lipinski definition) is 6. The van der Waals surface area contributed by atoms with Crippen LogP contribution in [0.5, 0.6) is 23.0 Å². The van der Waals surface area contributed by atoms with E-state index >= 15 is 0 Å². The molecule has 142 valence electrons. The van der Waals surface area contributed by atoms with E-state index in [1.807, 2.05) is 13.8 Å². The molecule has 0 atom stereocenters. The van der Waals surface area contributed by atoms with E-state index in [0.29, 0.717) is 11.8 Å². The number of allylic oxidation sites excluding steroid dienone is 2. The van der Waals surface area contributed by atoms with E-state index in [1.165, 1.54) is 6.07 Å². The van der Waals surface area contributed by atoms with E-state index in [2.05, 4.69) is 15.9 Å². The van der Waals surface area contributed by atoms with Gasteiger partial charge in [0, 0.05) is 17.2 Å². The van der Waals surface area contributed by atoms with Crippen molar-refractivity contribution < 1.29 is 30.0 Å². The Morgan fingerprint density at radius 3 is 2.22 bits per heavy atom. The molecule has 6 nitrogen and oxygen atoms in total. The molecular formula is C20H19BrO6. The summed E-state index contributed by atoms with van der Waals surface area (Å²) < 4.78 is 0.214. The Balaban J connectivity index is 2.85. The third-order valence-corrected chi connectivity index (χ3v) is 5.12. The predicted octanol–water partition coefficient (Wildman–Crippen LogP) is 4.13. The zero-order valence-corrected chi connectivity index (χ0v) is 16.6. The summed E-state index contributed by atoms with van der Waals surface area (Å²) in [7, 11) is 0. The Bertz CT molecular complexity index is 971. The van der Waals surface area contributed by atoms with Crippen LogP contribution in [-0.4, -0.2) is 32.5 Å². The SMILES string of the molecule is CC(C)=CCc1c(O)cc(O)c(C=O)c1C(=O)c1c(O)cc(C)c(Br)c1O. The maximum absolute atomic E-state index is 13.2. The van der Waals surface area contributed by atoms with Gasteiger partial charge in [-0.2, -0.15) is 0 Å². The van der Waals surface area contributed by atoms with E-state index < -0.39 is 28.6 Å². The van der Waals surface area contributed by atoms with E-state index in [0.717, 1.165) is 11.6 Å². The molecule has 0 saturated heterocycles. The molecule has 0 aliphatic heterocycles. The third-order valence-electron chi connectivity index (χ3n) is 4.12. The highest BCUT2D eigenvalue weighted by atomic mass is 79.9. The number of aldehydes is 1. The third kappa shape index (κ3) is 3.83. The highest BCUT2D eigenvalue weighted by Gasteiger charge is 2.28. The number of aromatic hydroxyl groups is 4. The molecule has 0 radical (unpaired) electrons. The van der Waals surface area contributed by atoms with E-state index in [1.54, 1.807) is 13.0 Å². The summed E-state index contributed by atoms with van der Waals surface area (Å²) in [5, 5.41) is 40.8. The number of phenolic OH excluding ortho intramolecular Hbond substituents is 4. The average Bonchev–Trinajstić information content (AvgIpc) is 2.58. The van der Waals surface area contributed by atoms with Gasteiger partial charge >= 0.3 is 0 Å². The largest absolute Gasteiger partial charge is 0.507 e. The van der Waals surface area contributed by atoms with Crippen LogP contribution in [0.15, 0.2) is 28.3 Å². The monoisotopic (exact) mass is 434 g/mol. The Kier molecular flexibility index (Phi) is 5.95. The van der Waals surface area contributed by atoms with Crippen molar-refractivity contribution in [2.24, 2.45) is 0 Å². The Labute approximate surface area is 164 Å². The predicted molar refractivity (Wildman–Crippen MR) is 104 cm³/mol. The zero-order chi connectivity index (χ0) is 20.5. The zero-order valence-electron chi connectivity index (χ0n) is 15.0. The summed E-state index contributed by atoms with van der Waals surface area (Å²) >= 11 is 3.15. The average molecular weight is 435 g/mol. The molecule has 2 aromatic carbocycles. The Morgan fingerprint density at radius 2 is 1.67 bits per heavy atom. The first kappa shape index (κ1) is 20.5. The van der Waals surface area contributed by atoms with Gasteiger partial charge < -0.3 is 20.4 Å². The first-order valence-electron chi connectivity index (χ1n) is 8.02. The van der Waals surface area contributed by atoms with Crippen molar-refractivity contribution in [3.8, 4) is 23.0 Å². The number of rotatable bonds is 5. The summed E-state index contributed by atoms with van der Waals surface area (Å²) in [4.78, 5) is 24.7. The lowest BCUT2D eigenvalue weighted by atomic mass is 9.89. The van der Waals surface area contributed by atoms with E-state index in [9.17, 15) is 30.0 Å². The van der Waals surface area contributed by atoms with Gasteiger partial charge in [0.15, 0.2) is 6.29 Å². The van der Waals surface area contributed by atoms with Crippen LogP contribution in [0.3, 0.4) is 0 Å². The summed E-state index contributed by atoms with van der Waals surface area (Å²) in [6.07, 6.45) is 2.15. The summed E-state index contributed by atoms with van der Waals surface area (Å²) in [5.41, 5.74) is 0.486. The number of benzene rings is 2. The molecule has 2 aromatic rings. The molecular weight excluding hydrogens is 416 g/mol. The molecule has 0 aromatic heterocycles. The molecule has 27 heavy (non-hydrogen) atoms. The molecule has 4 N–H and O–H groups in total. The van der Waals surface area contributed by atoms with Crippen LogP contribution in [0.2, 0.25) is 0 Å². The van der Waals surface area contributed by atoms with Gasteiger partial charge in [-0.25, -0.2) is 0 Å². The van der Waals surface area contributed by atoms with Crippen LogP contribution >= 0.6 is 15.9 Å². The fourth-order valence-electron chi connectivity index (χ4n) is 2.71. The molecule has 7 heteroatoms. The van der Waals surface area contributed by atoms with Crippen LogP contribution < -0.4 is 0 Å². The number of carbonyl (C=O) groups excluding carboxylic acids is 2. The van der Waals surface area contributed by atoms with Gasteiger partial charge in [-0.3, -0.25) is 9.59 Å². The molecule has 0 heterocycles. The van der Waals surface area contributed by atoms with Gasteiger partial charge in [0.1, 0.15) is 28.6 Å². The second-order valence-corrected chi connectivity index (χ2v) is 7.16. The van der Waals surface area contributed by atoms with Gasteiger partial charge in [-0.1, -0.05) is 11.6 Å². The van der Waals surface area contributed by atoms with Crippen molar-refractivity contribution in [1.29, 1.82) is 0 Å². The fourth-order valence-corrected chi connectivity index (χ4v) is 3.02. The molecule has 0 amide bonds. The Morgan fingerprint density at radius 1 is 1.04 bits per heavy atom. The lowest BCUT2D eigenvalue weighted by molar-refractivity contribution is 0.102. The second kappa shape index (κ2) is 7.84. The van der Waals surface area contributed by atoms with E-state index in [4.69, 9.17) is 0 Å². The van der Waals surface area contributed by atoms with Gasteiger partial charge in [0.2, 0.25) is 5.78 Å². The summed E-state index contributed by atoms with van der Waals surface area (Å²) in [5.74, 6) is -2.81. The Hall–Kier alpha value is -2.80. The molecule has 0 bridgehead atoms. The molecule has 0 spiro atoms. The first-order chi connectivity index (χ1) is 12.6. The lowest BCUT2D eigenvalue weighted by Gasteiger charge is -2.16. The smallest absolute Gasteiger partial charge is 0.201 e. The first-order valence-corrected chi connectivity index (χ1v) is 8.81. The summed E-state index contributed by atoms with van der Waals surface area (Å²) in [6.45, 7) is 5.28. The fraction of sp³-hybridized carbons (Fsp3) is 0.200. The standard InChI is InChI=1S/C20H19BrO6/c1-9(2)4-5-11-13(23)7-14(24)12(8-22)16(11)19(26)17-15(25)6-10(3)18(21)20(17)27/h4,6-8,23-25,27H,5H2,1-3H3. The second-order valence-electron chi connectivity index (χ2n) is 6.36. The van der Waals surface area contributed by atoms with Crippen LogP contribution in [0, 0.1) is 6.92 Å². The number of hydrogen-bond donors (Lipinski definition) is 4. The molecule has 0 fully saturated rings. The molecule has 2 rings (SSSR count). The van der Waals surface area contributed by atoms with Crippen molar-refractivity contribution in [2.45, 2.75) is 27.2 Å². The van der Waals surface area contributed by atoms with Crippen molar-refractivity contribution in [3.63, 3.8) is 0 Å². The normalized spacial score (nSPS) is 10.5. The number of halogens is 1. The van der Waals surface area contributed by atoms with Gasteiger partial charge in [0.25, 0.3) is 0 Å². The van der Waals surface area contributed by atoms with Gasteiger partial charge in [-0.15, -0.1) is 0 Å². The van der Waals surface area contributed by atoms with Crippen molar-refractivity contribution in [3.05, 3.63) is 56.1 Å². The van der Waals surface area contributed by atoms with Crippen molar-refractivity contribution >= 4 is 28.0 Å². The number of carbonyl (C=O) groups is 2. The molecule has 0 saturated carbocycles. The molecule has 0 aliphatic carbocycles. The maximum atomic E-state index is 13.2.